The van der Waals surface area contributed by atoms with Crippen LogP contribution in [0, 0.1) is 17.0 Å². The van der Waals surface area contributed by atoms with E-state index in [9.17, 15) is 17.6 Å². The number of imidazole rings is 1. The van der Waals surface area contributed by atoms with Gasteiger partial charge in [-0.2, -0.15) is 5.10 Å². The number of para-hydroxylation sites is 1. The van der Waals surface area contributed by atoms with Gasteiger partial charge < -0.3 is 10.3 Å². The highest BCUT2D eigenvalue weighted by molar-refractivity contribution is 7.90. The van der Waals surface area contributed by atoms with E-state index in [0.29, 0.717) is 50.9 Å². The van der Waals surface area contributed by atoms with Crippen LogP contribution in [-0.4, -0.2) is 56.5 Å². The van der Waals surface area contributed by atoms with Crippen LogP contribution in [0.1, 0.15) is 32.8 Å². The number of aromatic amines is 2. The van der Waals surface area contributed by atoms with Crippen molar-refractivity contribution in [3.05, 3.63) is 78.3 Å². The zero-order valence-corrected chi connectivity index (χ0v) is 26.4. The largest absolute Gasteiger partial charge is 0.337 e. The molecule has 0 unspecified atom stereocenters. The fourth-order valence-corrected chi connectivity index (χ4v) is 5.91. The third-order valence-corrected chi connectivity index (χ3v) is 8.24. The van der Waals surface area contributed by atoms with Crippen molar-refractivity contribution >= 4 is 43.4 Å². The van der Waals surface area contributed by atoms with E-state index in [4.69, 9.17) is 4.98 Å². The van der Waals surface area contributed by atoms with Crippen molar-refractivity contribution in [1.82, 2.24) is 30.1 Å². The summed E-state index contributed by atoms with van der Waals surface area (Å²) in [5.41, 5.74) is 3.96. The van der Waals surface area contributed by atoms with Crippen molar-refractivity contribution < 1.29 is 22.0 Å². The maximum Gasteiger partial charge on any atom is 0.224 e. The van der Waals surface area contributed by atoms with Crippen molar-refractivity contribution in [2.24, 2.45) is 5.41 Å². The number of carbonyl (C=O) groups excluding carboxylic acids is 1. The molecule has 13 heteroatoms. The highest BCUT2D eigenvalue weighted by Gasteiger charge is 2.22. The SMILES string of the molecule is CC(C)(C)CC(=O)Nc1cncc(-c2ncc3[nH]nc(-c4nc5c(-c6cc(F)cc(CCS(C)(=O)=O)c6)cccc5[nH]4)c3c2F)c1. The van der Waals surface area contributed by atoms with Crippen molar-refractivity contribution in [3.63, 3.8) is 0 Å². The zero-order valence-electron chi connectivity index (χ0n) is 25.6. The Morgan fingerprint density at radius 2 is 1.78 bits per heavy atom. The molecule has 0 bridgehead atoms. The smallest absolute Gasteiger partial charge is 0.224 e. The van der Waals surface area contributed by atoms with Gasteiger partial charge in [0.1, 0.15) is 27.0 Å². The quantitative estimate of drug-likeness (QED) is 0.172. The molecule has 1 amide bonds. The van der Waals surface area contributed by atoms with Crippen LogP contribution in [0.5, 0.6) is 0 Å². The number of halogens is 2. The van der Waals surface area contributed by atoms with Gasteiger partial charge in [-0.3, -0.25) is 19.9 Å². The summed E-state index contributed by atoms with van der Waals surface area (Å²) in [7, 11) is -3.23. The molecule has 0 fully saturated rings. The molecular weight excluding hydrogens is 612 g/mol. The molecule has 3 N–H and O–H groups in total. The fraction of sp³-hybridized carbons (Fsp3) is 0.242. The molecule has 0 saturated heterocycles. The number of rotatable bonds is 8. The van der Waals surface area contributed by atoms with Crippen LogP contribution in [0.2, 0.25) is 0 Å². The van der Waals surface area contributed by atoms with E-state index >= 15 is 4.39 Å². The second-order valence-electron chi connectivity index (χ2n) is 12.5. The van der Waals surface area contributed by atoms with Gasteiger partial charge >= 0.3 is 0 Å². The molecule has 0 saturated carbocycles. The molecule has 0 aliphatic heterocycles. The van der Waals surface area contributed by atoms with Gasteiger partial charge in [-0.1, -0.05) is 39.0 Å². The first-order chi connectivity index (χ1) is 21.7. The first-order valence-corrected chi connectivity index (χ1v) is 16.5. The molecule has 6 rings (SSSR count). The lowest BCUT2D eigenvalue weighted by atomic mass is 9.92. The maximum absolute atomic E-state index is 16.2. The lowest BCUT2D eigenvalue weighted by Crippen LogP contribution is -2.19. The molecule has 0 radical (unpaired) electrons. The number of amides is 1. The number of fused-ring (bicyclic) bond motifs is 2. The number of hydrogen-bond donors (Lipinski definition) is 3. The van der Waals surface area contributed by atoms with Gasteiger partial charge in [0.05, 0.1) is 45.8 Å². The highest BCUT2D eigenvalue weighted by Crippen LogP contribution is 2.35. The second-order valence-corrected chi connectivity index (χ2v) is 14.8. The third kappa shape index (κ3) is 6.64. The van der Waals surface area contributed by atoms with Crippen molar-refractivity contribution in [2.75, 3.05) is 17.3 Å². The Morgan fingerprint density at radius 1 is 0.978 bits per heavy atom. The van der Waals surface area contributed by atoms with Gasteiger partial charge in [0.2, 0.25) is 5.91 Å². The highest BCUT2D eigenvalue weighted by atomic mass is 32.2. The van der Waals surface area contributed by atoms with Crippen LogP contribution in [0.15, 0.2) is 61.1 Å². The minimum Gasteiger partial charge on any atom is -0.337 e. The third-order valence-electron chi connectivity index (χ3n) is 7.30. The predicted octanol–water partition coefficient (Wildman–Crippen LogP) is 6.47. The maximum atomic E-state index is 16.2. The van der Waals surface area contributed by atoms with Gasteiger partial charge in [-0.15, -0.1) is 0 Å². The molecule has 10 nitrogen and oxygen atoms in total. The Labute approximate surface area is 263 Å². The number of nitrogens with zero attached hydrogens (tertiary/aromatic N) is 4. The van der Waals surface area contributed by atoms with E-state index in [2.05, 4.69) is 30.5 Å². The summed E-state index contributed by atoms with van der Waals surface area (Å²) in [5.74, 6) is -1.16. The minimum absolute atomic E-state index is 0.0211. The van der Waals surface area contributed by atoms with Gasteiger partial charge in [0.25, 0.3) is 0 Å². The first-order valence-electron chi connectivity index (χ1n) is 14.5. The van der Waals surface area contributed by atoms with Crippen LogP contribution in [0.3, 0.4) is 0 Å². The minimum atomic E-state index is -3.23. The van der Waals surface area contributed by atoms with Crippen LogP contribution in [0.25, 0.3) is 55.8 Å². The molecule has 236 valence electrons. The summed E-state index contributed by atoms with van der Waals surface area (Å²) >= 11 is 0. The number of H-pyrrole nitrogens is 2. The summed E-state index contributed by atoms with van der Waals surface area (Å²) in [6, 6.07) is 11.4. The standard InChI is InChI=1S/C33H31F2N7O3S/c1-33(2,3)14-26(43)38-22-13-20(15-36-16-22)29-28(35)27-25(17-37-29)41-42-31(27)32-39-24-7-5-6-23(30(24)40-32)19-10-18(11-21(34)12-19)8-9-46(4,44)45/h5-7,10-13,15-17H,8-9,14H2,1-4H3,(H,38,43)(H,39,40)(H,41,42). The summed E-state index contributed by atoms with van der Waals surface area (Å²) in [6.07, 6.45) is 6.03. The van der Waals surface area contributed by atoms with E-state index in [-0.39, 0.29) is 46.1 Å². The number of anilines is 1. The lowest BCUT2D eigenvalue weighted by molar-refractivity contribution is -0.117. The Morgan fingerprint density at radius 3 is 2.54 bits per heavy atom. The molecule has 4 aromatic heterocycles. The van der Waals surface area contributed by atoms with Crippen molar-refractivity contribution in [2.45, 2.75) is 33.6 Å². The molecule has 0 atom stereocenters. The van der Waals surface area contributed by atoms with Gasteiger partial charge in [0.15, 0.2) is 11.6 Å². The summed E-state index contributed by atoms with van der Waals surface area (Å²) < 4.78 is 54.2. The van der Waals surface area contributed by atoms with E-state index in [1.54, 1.807) is 30.3 Å². The van der Waals surface area contributed by atoms with E-state index in [1.807, 2.05) is 20.8 Å². The molecule has 6 aromatic rings. The van der Waals surface area contributed by atoms with Crippen molar-refractivity contribution in [3.8, 4) is 33.9 Å². The van der Waals surface area contributed by atoms with E-state index < -0.39 is 21.5 Å². The average molecular weight is 644 g/mol. The lowest BCUT2D eigenvalue weighted by Gasteiger charge is -2.17. The Bertz CT molecular complexity index is 2240. The summed E-state index contributed by atoms with van der Waals surface area (Å²) in [6.45, 7) is 5.88. The molecule has 46 heavy (non-hydrogen) atoms. The number of sulfone groups is 1. The number of hydrogen-bond acceptors (Lipinski definition) is 7. The molecule has 0 aliphatic rings. The Balaban J connectivity index is 1.38. The molecule has 0 spiro atoms. The van der Waals surface area contributed by atoms with Gasteiger partial charge in [-0.05, 0) is 47.2 Å². The van der Waals surface area contributed by atoms with E-state index in [1.165, 1.54) is 30.7 Å². The molecular formula is C33H31F2N7O3S. The van der Waals surface area contributed by atoms with Gasteiger partial charge in [-0.25, -0.2) is 22.2 Å². The molecule has 2 aromatic carbocycles. The van der Waals surface area contributed by atoms with Crippen LogP contribution < -0.4 is 5.32 Å². The number of pyridine rings is 2. The number of aryl methyl sites for hydroxylation is 1. The second kappa shape index (κ2) is 11.7. The van der Waals surface area contributed by atoms with E-state index in [0.717, 1.165) is 6.26 Å². The number of nitrogens with one attached hydrogen (secondary N) is 3. The molecule has 0 aliphatic carbocycles. The monoisotopic (exact) mass is 643 g/mol. The topological polar surface area (TPSA) is 146 Å². The van der Waals surface area contributed by atoms with Crippen molar-refractivity contribution in [1.29, 1.82) is 0 Å². The van der Waals surface area contributed by atoms with Gasteiger partial charge in [0, 0.05) is 30.0 Å². The Kier molecular flexibility index (Phi) is 7.88. The Hall–Kier alpha value is -5.04. The van der Waals surface area contributed by atoms with Crippen LogP contribution in [-0.2, 0) is 21.1 Å². The van der Waals surface area contributed by atoms with Crippen LogP contribution in [0.4, 0.5) is 14.5 Å². The zero-order chi connectivity index (χ0) is 32.8. The van der Waals surface area contributed by atoms with Crippen LogP contribution >= 0.6 is 0 Å². The fourth-order valence-electron chi connectivity index (χ4n) is 5.30. The normalized spacial score (nSPS) is 12.2. The first kappa shape index (κ1) is 31.0. The predicted molar refractivity (Wildman–Crippen MR) is 174 cm³/mol. The number of carbonyl (C=O) groups is 1. The summed E-state index contributed by atoms with van der Waals surface area (Å²) in [4.78, 5) is 28.9. The average Bonchev–Trinajstić information content (AvgIpc) is 3.59. The number of benzene rings is 2. The number of aromatic nitrogens is 6. The summed E-state index contributed by atoms with van der Waals surface area (Å²) in [5, 5.41) is 10.1. The molecule has 4 heterocycles.